The molecule has 5 heteroatoms. The normalized spacial score (nSPS) is 17.0. The molecular weight excluding hydrogens is 206 g/mol. The molecule has 1 saturated heterocycles. The van der Waals surface area contributed by atoms with Crippen molar-refractivity contribution < 1.29 is 8.94 Å². The molecule has 2 aromatic heterocycles. The van der Waals surface area contributed by atoms with Gasteiger partial charge in [0.2, 0.25) is 11.7 Å². The molecule has 1 fully saturated rings. The molecule has 0 saturated carbocycles. The van der Waals surface area contributed by atoms with Gasteiger partial charge in [-0.05, 0) is 38.1 Å². The number of furan rings is 1. The molecule has 0 bridgehead atoms. The third kappa shape index (κ3) is 1.86. The highest BCUT2D eigenvalue weighted by atomic mass is 16.5. The first-order chi connectivity index (χ1) is 7.92. The van der Waals surface area contributed by atoms with Gasteiger partial charge in [0.05, 0.1) is 12.8 Å². The minimum atomic E-state index is 0.527. The van der Waals surface area contributed by atoms with E-state index in [1.54, 1.807) is 6.26 Å². The van der Waals surface area contributed by atoms with Crippen LogP contribution in [0.15, 0.2) is 27.3 Å². The summed E-state index contributed by atoms with van der Waals surface area (Å²) in [5, 5.41) is 3.89. The van der Waals surface area contributed by atoms with Crippen molar-refractivity contribution in [2.75, 3.05) is 13.1 Å². The first-order valence-electron chi connectivity index (χ1n) is 5.50. The number of hydrogen-bond donors (Lipinski definition) is 0. The topological polar surface area (TPSA) is 55.3 Å². The molecule has 0 N–H and O–H groups in total. The van der Waals surface area contributed by atoms with Gasteiger partial charge in [-0.3, -0.25) is 4.90 Å². The zero-order valence-corrected chi connectivity index (χ0v) is 8.93. The van der Waals surface area contributed by atoms with Crippen LogP contribution in [0.1, 0.15) is 18.7 Å². The van der Waals surface area contributed by atoms with E-state index in [9.17, 15) is 0 Å². The van der Waals surface area contributed by atoms with Crippen LogP contribution in [-0.2, 0) is 6.54 Å². The molecule has 84 valence electrons. The number of likely N-dealkylation sites (tertiary alicyclic amines) is 1. The Bertz CT molecular complexity index is 444. The van der Waals surface area contributed by atoms with Crippen LogP contribution in [0.5, 0.6) is 0 Å². The maximum atomic E-state index is 5.20. The van der Waals surface area contributed by atoms with Crippen molar-refractivity contribution in [2.24, 2.45) is 0 Å². The summed E-state index contributed by atoms with van der Waals surface area (Å²) in [6.07, 6.45) is 4.13. The Hall–Kier alpha value is -1.62. The van der Waals surface area contributed by atoms with Crippen molar-refractivity contribution >= 4 is 0 Å². The molecule has 0 spiro atoms. The average molecular weight is 219 g/mol. The van der Waals surface area contributed by atoms with Gasteiger partial charge < -0.3 is 8.94 Å². The number of hydrogen-bond acceptors (Lipinski definition) is 5. The van der Waals surface area contributed by atoms with Crippen molar-refractivity contribution in [3.8, 4) is 11.6 Å². The summed E-state index contributed by atoms with van der Waals surface area (Å²) in [7, 11) is 0. The van der Waals surface area contributed by atoms with Crippen LogP contribution in [-0.4, -0.2) is 28.1 Å². The number of nitrogens with zero attached hydrogens (tertiary/aromatic N) is 3. The van der Waals surface area contributed by atoms with Gasteiger partial charge in [-0.25, -0.2) is 0 Å². The summed E-state index contributed by atoms with van der Waals surface area (Å²) in [6, 6.07) is 3.64. The molecule has 3 rings (SSSR count). The first kappa shape index (κ1) is 9.59. The predicted octanol–water partition coefficient (Wildman–Crippen LogP) is 1.93. The highest BCUT2D eigenvalue weighted by molar-refractivity contribution is 5.44. The highest BCUT2D eigenvalue weighted by Crippen LogP contribution is 2.17. The van der Waals surface area contributed by atoms with Crippen LogP contribution in [0.2, 0.25) is 0 Å². The fourth-order valence-corrected chi connectivity index (χ4v) is 1.96. The maximum absolute atomic E-state index is 5.20. The SMILES string of the molecule is c1coc(-c2noc(CN3CCCC3)n2)c1. The molecule has 0 aromatic carbocycles. The summed E-state index contributed by atoms with van der Waals surface area (Å²) >= 11 is 0. The third-order valence-corrected chi connectivity index (χ3v) is 2.77. The van der Waals surface area contributed by atoms with E-state index in [2.05, 4.69) is 15.0 Å². The van der Waals surface area contributed by atoms with Crippen LogP contribution in [0.3, 0.4) is 0 Å². The molecule has 0 unspecified atom stereocenters. The zero-order chi connectivity index (χ0) is 10.8. The Labute approximate surface area is 93.0 Å². The second-order valence-electron chi connectivity index (χ2n) is 3.97. The van der Waals surface area contributed by atoms with Crippen LogP contribution in [0.4, 0.5) is 0 Å². The zero-order valence-electron chi connectivity index (χ0n) is 8.93. The lowest BCUT2D eigenvalue weighted by molar-refractivity contribution is 0.268. The highest BCUT2D eigenvalue weighted by Gasteiger charge is 2.16. The van der Waals surface area contributed by atoms with Crippen molar-refractivity contribution in [1.82, 2.24) is 15.0 Å². The van der Waals surface area contributed by atoms with Crippen molar-refractivity contribution in [3.05, 3.63) is 24.3 Å². The molecule has 3 heterocycles. The molecular formula is C11H13N3O2. The Kier molecular flexibility index (Phi) is 2.46. The molecule has 2 aromatic rings. The molecule has 16 heavy (non-hydrogen) atoms. The van der Waals surface area contributed by atoms with Gasteiger partial charge in [0, 0.05) is 0 Å². The smallest absolute Gasteiger partial charge is 0.241 e. The Morgan fingerprint density at radius 2 is 2.19 bits per heavy atom. The van der Waals surface area contributed by atoms with Crippen LogP contribution < -0.4 is 0 Å². The van der Waals surface area contributed by atoms with E-state index in [1.165, 1.54) is 12.8 Å². The van der Waals surface area contributed by atoms with Gasteiger partial charge >= 0.3 is 0 Å². The molecule has 1 aliphatic rings. The quantitative estimate of drug-likeness (QED) is 0.789. The third-order valence-electron chi connectivity index (χ3n) is 2.77. The van der Waals surface area contributed by atoms with Crippen LogP contribution >= 0.6 is 0 Å². The maximum Gasteiger partial charge on any atom is 0.241 e. The lowest BCUT2D eigenvalue weighted by Crippen LogP contribution is -2.18. The summed E-state index contributed by atoms with van der Waals surface area (Å²) < 4.78 is 10.4. The largest absolute Gasteiger partial charge is 0.461 e. The minimum absolute atomic E-state index is 0.527. The van der Waals surface area contributed by atoms with Gasteiger partial charge in [0.15, 0.2) is 5.76 Å². The van der Waals surface area contributed by atoms with Crippen molar-refractivity contribution in [1.29, 1.82) is 0 Å². The lowest BCUT2D eigenvalue weighted by atomic mass is 10.4. The van der Waals surface area contributed by atoms with E-state index in [0.29, 0.717) is 17.5 Å². The monoisotopic (exact) mass is 219 g/mol. The van der Waals surface area contributed by atoms with E-state index in [1.807, 2.05) is 12.1 Å². The van der Waals surface area contributed by atoms with Crippen LogP contribution in [0.25, 0.3) is 11.6 Å². The summed E-state index contributed by atoms with van der Waals surface area (Å²) in [4.78, 5) is 6.62. The van der Waals surface area contributed by atoms with Gasteiger partial charge in [-0.2, -0.15) is 4.98 Å². The van der Waals surface area contributed by atoms with Crippen molar-refractivity contribution in [3.63, 3.8) is 0 Å². The van der Waals surface area contributed by atoms with Gasteiger partial charge in [-0.15, -0.1) is 0 Å². The van der Waals surface area contributed by atoms with E-state index >= 15 is 0 Å². The minimum Gasteiger partial charge on any atom is -0.461 e. The Morgan fingerprint density at radius 1 is 1.31 bits per heavy atom. The van der Waals surface area contributed by atoms with Crippen LogP contribution in [0, 0.1) is 0 Å². The molecule has 5 nitrogen and oxygen atoms in total. The summed E-state index contributed by atoms with van der Waals surface area (Å²) in [5.41, 5.74) is 0. The lowest BCUT2D eigenvalue weighted by Gasteiger charge is -2.09. The fraction of sp³-hybridized carbons (Fsp3) is 0.455. The second kappa shape index (κ2) is 4.09. The van der Waals surface area contributed by atoms with E-state index in [0.717, 1.165) is 19.6 Å². The van der Waals surface area contributed by atoms with E-state index in [4.69, 9.17) is 8.94 Å². The Morgan fingerprint density at radius 3 is 2.94 bits per heavy atom. The number of aromatic nitrogens is 2. The van der Waals surface area contributed by atoms with Gasteiger partial charge in [0.25, 0.3) is 0 Å². The van der Waals surface area contributed by atoms with Gasteiger partial charge in [0.1, 0.15) is 0 Å². The molecule has 0 aliphatic carbocycles. The molecule has 0 radical (unpaired) electrons. The standard InChI is InChI=1S/C11H13N3O2/c1-2-6-14(5-1)8-10-12-11(13-16-10)9-4-3-7-15-9/h3-4,7H,1-2,5-6,8H2. The summed E-state index contributed by atoms with van der Waals surface area (Å²) in [5.74, 6) is 1.84. The molecule has 0 atom stereocenters. The fourth-order valence-electron chi connectivity index (χ4n) is 1.96. The van der Waals surface area contributed by atoms with Crippen molar-refractivity contribution in [2.45, 2.75) is 19.4 Å². The van der Waals surface area contributed by atoms with E-state index < -0.39 is 0 Å². The first-order valence-corrected chi connectivity index (χ1v) is 5.50. The van der Waals surface area contributed by atoms with E-state index in [-0.39, 0.29) is 0 Å². The van der Waals surface area contributed by atoms with Gasteiger partial charge in [-0.1, -0.05) is 5.16 Å². The predicted molar refractivity (Wildman–Crippen MR) is 56.5 cm³/mol. The Balaban J connectivity index is 1.72. The second-order valence-corrected chi connectivity index (χ2v) is 3.97. The average Bonchev–Trinajstić information content (AvgIpc) is 2.99. The molecule has 0 amide bonds. The molecule has 1 aliphatic heterocycles. The number of rotatable bonds is 3. The summed E-state index contributed by atoms with van der Waals surface area (Å²) in [6.45, 7) is 2.99.